The van der Waals surface area contributed by atoms with Gasteiger partial charge in [0, 0.05) is 21.0 Å². The number of nitrogen functional groups attached to an aromatic ring is 1. The first-order valence-electron chi connectivity index (χ1n) is 10.8. The molecule has 1 aromatic heterocycles. The number of aryl methyl sites for hydroxylation is 1. The van der Waals surface area contributed by atoms with Crippen LogP contribution in [-0.2, 0) is 11.3 Å². The van der Waals surface area contributed by atoms with Crippen LogP contribution < -0.4 is 16.4 Å². The lowest BCUT2D eigenvalue weighted by Gasteiger charge is -2.19. The van der Waals surface area contributed by atoms with Crippen LogP contribution in [0.4, 0.5) is 10.5 Å². The molecule has 0 saturated carbocycles. The molecule has 0 spiro atoms. The molecule has 3 aromatic rings. The van der Waals surface area contributed by atoms with E-state index in [2.05, 4.69) is 16.7 Å². The predicted molar refractivity (Wildman–Crippen MR) is 134 cm³/mol. The molecule has 0 saturated heterocycles. The van der Waals surface area contributed by atoms with Gasteiger partial charge in [-0.05, 0) is 81.6 Å². The van der Waals surface area contributed by atoms with Crippen molar-refractivity contribution in [3.05, 3.63) is 76.2 Å². The fourth-order valence-corrected chi connectivity index (χ4v) is 4.25. The number of carbonyl (C=O) groups excluding carboxylic acids is 2. The number of ether oxygens (including phenoxy) is 1. The second-order valence-corrected chi connectivity index (χ2v) is 10.2. The van der Waals surface area contributed by atoms with Crippen molar-refractivity contribution in [2.24, 2.45) is 0 Å². The molecule has 2 amide bonds. The molecule has 0 aliphatic rings. The summed E-state index contributed by atoms with van der Waals surface area (Å²) < 4.78 is 5.28. The smallest absolute Gasteiger partial charge is 0.407 e. The molecule has 174 valence electrons. The Morgan fingerprint density at radius 3 is 2.58 bits per heavy atom. The Morgan fingerprint density at radius 1 is 1.09 bits per heavy atom. The molecule has 4 N–H and O–H groups in total. The van der Waals surface area contributed by atoms with E-state index >= 15 is 0 Å². The minimum atomic E-state index is -0.525. The van der Waals surface area contributed by atoms with Gasteiger partial charge in [-0.15, -0.1) is 11.3 Å². The highest BCUT2D eigenvalue weighted by Crippen LogP contribution is 2.30. The largest absolute Gasteiger partial charge is 0.444 e. The van der Waals surface area contributed by atoms with Crippen molar-refractivity contribution in [2.45, 2.75) is 52.8 Å². The van der Waals surface area contributed by atoms with Gasteiger partial charge < -0.3 is 21.1 Å². The van der Waals surface area contributed by atoms with Crippen molar-refractivity contribution >= 4 is 29.0 Å². The second kappa shape index (κ2) is 10.1. The second-order valence-electron chi connectivity index (χ2n) is 9.02. The van der Waals surface area contributed by atoms with E-state index in [0.717, 1.165) is 26.4 Å². The van der Waals surface area contributed by atoms with E-state index in [1.54, 1.807) is 23.5 Å². The molecule has 0 aliphatic carbocycles. The fraction of sp³-hybridized carbons (Fsp3) is 0.308. The van der Waals surface area contributed by atoms with Crippen LogP contribution in [-0.4, -0.2) is 17.6 Å². The first-order valence-corrected chi connectivity index (χ1v) is 11.7. The number of hydrogen-bond acceptors (Lipinski definition) is 5. The third-order valence-corrected chi connectivity index (χ3v) is 6.13. The predicted octanol–water partition coefficient (Wildman–Crippen LogP) is 5.82. The Hall–Kier alpha value is -3.32. The number of rotatable bonds is 6. The van der Waals surface area contributed by atoms with Crippen molar-refractivity contribution in [1.29, 1.82) is 0 Å². The van der Waals surface area contributed by atoms with E-state index in [4.69, 9.17) is 10.5 Å². The summed E-state index contributed by atoms with van der Waals surface area (Å²) in [5, 5.41) is 5.85. The topological polar surface area (TPSA) is 93.5 Å². The summed E-state index contributed by atoms with van der Waals surface area (Å²) in [5.41, 5.74) is 9.42. The Labute approximate surface area is 199 Å². The summed E-state index contributed by atoms with van der Waals surface area (Å²) in [7, 11) is 0. The standard InChI is InChI=1S/C26H31N3O3S/c1-16-9-10-20(27)14-22(16)24(30)29-17(2)18-7-6-8-19(13-18)23-12-11-21(33-23)15-28-25(31)32-26(3,4)5/h6-14,17H,15,27H2,1-5H3,(H,28,31)(H,29,30). The molecule has 3 rings (SSSR count). The average molecular weight is 466 g/mol. The van der Waals surface area contributed by atoms with Crippen molar-refractivity contribution in [3.8, 4) is 10.4 Å². The number of hydrogen-bond donors (Lipinski definition) is 3. The van der Waals surface area contributed by atoms with Crippen LogP contribution in [0.5, 0.6) is 0 Å². The average Bonchev–Trinajstić information content (AvgIpc) is 3.22. The molecule has 7 heteroatoms. The van der Waals surface area contributed by atoms with E-state index in [-0.39, 0.29) is 11.9 Å². The number of nitrogens with one attached hydrogen (secondary N) is 2. The summed E-state index contributed by atoms with van der Waals surface area (Å²) in [6.45, 7) is 9.77. The Kier molecular flexibility index (Phi) is 7.43. The third kappa shape index (κ3) is 6.83. The van der Waals surface area contributed by atoms with E-state index in [9.17, 15) is 9.59 Å². The summed E-state index contributed by atoms with van der Waals surface area (Å²) in [4.78, 5) is 26.8. The van der Waals surface area contributed by atoms with E-state index < -0.39 is 11.7 Å². The molecule has 0 fully saturated rings. The molecule has 2 aromatic carbocycles. The van der Waals surface area contributed by atoms with Crippen LogP contribution in [0.15, 0.2) is 54.6 Å². The van der Waals surface area contributed by atoms with Crippen LogP contribution in [0.25, 0.3) is 10.4 Å². The molecule has 1 atom stereocenters. The van der Waals surface area contributed by atoms with Gasteiger partial charge in [-0.2, -0.15) is 0 Å². The van der Waals surface area contributed by atoms with Gasteiger partial charge in [-0.25, -0.2) is 4.79 Å². The first-order chi connectivity index (χ1) is 15.5. The molecule has 1 unspecified atom stereocenters. The van der Waals surface area contributed by atoms with Gasteiger partial charge >= 0.3 is 6.09 Å². The third-order valence-electron chi connectivity index (χ3n) is 4.99. The van der Waals surface area contributed by atoms with Crippen LogP contribution in [0.1, 0.15) is 60.1 Å². The van der Waals surface area contributed by atoms with Gasteiger partial charge in [0.15, 0.2) is 0 Å². The number of carbonyl (C=O) groups is 2. The number of benzene rings is 2. The zero-order chi connectivity index (χ0) is 24.2. The van der Waals surface area contributed by atoms with Gasteiger partial charge in [-0.1, -0.05) is 24.3 Å². The first kappa shape index (κ1) is 24.3. The van der Waals surface area contributed by atoms with E-state index in [1.165, 1.54) is 0 Å². The van der Waals surface area contributed by atoms with E-state index in [0.29, 0.717) is 17.8 Å². The van der Waals surface area contributed by atoms with Crippen LogP contribution in [0.3, 0.4) is 0 Å². The Morgan fingerprint density at radius 2 is 1.85 bits per heavy atom. The molecular formula is C26H31N3O3S. The number of alkyl carbamates (subject to hydrolysis) is 1. The van der Waals surface area contributed by atoms with Gasteiger partial charge in [0.05, 0.1) is 12.6 Å². The zero-order valence-corrected chi connectivity index (χ0v) is 20.5. The fourth-order valence-electron chi connectivity index (χ4n) is 3.30. The normalized spacial score (nSPS) is 12.2. The molecule has 1 heterocycles. The van der Waals surface area contributed by atoms with Gasteiger partial charge in [0.2, 0.25) is 0 Å². The maximum atomic E-state index is 12.8. The lowest BCUT2D eigenvalue weighted by molar-refractivity contribution is 0.0524. The Bertz CT molecular complexity index is 1150. The number of nitrogens with two attached hydrogens (primary N) is 1. The van der Waals surface area contributed by atoms with Crippen molar-refractivity contribution < 1.29 is 14.3 Å². The quantitative estimate of drug-likeness (QED) is 0.400. The van der Waals surface area contributed by atoms with Crippen LogP contribution in [0.2, 0.25) is 0 Å². The molecule has 0 bridgehead atoms. The Balaban J connectivity index is 1.66. The van der Waals surface area contributed by atoms with Gasteiger partial charge in [-0.3, -0.25) is 4.79 Å². The monoisotopic (exact) mass is 465 g/mol. The van der Waals surface area contributed by atoms with Crippen molar-refractivity contribution in [3.63, 3.8) is 0 Å². The molecule has 33 heavy (non-hydrogen) atoms. The SMILES string of the molecule is Cc1ccc(N)cc1C(=O)NC(C)c1cccc(-c2ccc(CNC(=O)OC(C)(C)C)s2)c1. The highest BCUT2D eigenvalue weighted by molar-refractivity contribution is 7.15. The van der Waals surface area contributed by atoms with Gasteiger partial charge in [0.25, 0.3) is 5.91 Å². The maximum absolute atomic E-state index is 12.8. The van der Waals surface area contributed by atoms with Crippen LogP contribution in [0, 0.1) is 6.92 Å². The molecule has 6 nitrogen and oxygen atoms in total. The van der Waals surface area contributed by atoms with Crippen molar-refractivity contribution in [2.75, 3.05) is 5.73 Å². The van der Waals surface area contributed by atoms with E-state index in [1.807, 2.05) is 71.0 Å². The number of thiophene rings is 1. The lowest BCUT2D eigenvalue weighted by Crippen LogP contribution is -2.31. The zero-order valence-electron chi connectivity index (χ0n) is 19.7. The highest BCUT2D eigenvalue weighted by Gasteiger charge is 2.17. The number of anilines is 1. The molecule has 0 radical (unpaired) electrons. The summed E-state index contributed by atoms with van der Waals surface area (Å²) in [6.07, 6.45) is -0.431. The summed E-state index contributed by atoms with van der Waals surface area (Å²) in [5.74, 6) is -0.149. The number of amides is 2. The lowest BCUT2D eigenvalue weighted by atomic mass is 10.0. The van der Waals surface area contributed by atoms with Crippen molar-refractivity contribution in [1.82, 2.24) is 10.6 Å². The van der Waals surface area contributed by atoms with Crippen LogP contribution >= 0.6 is 11.3 Å². The minimum Gasteiger partial charge on any atom is -0.444 e. The highest BCUT2D eigenvalue weighted by atomic mass is 32.1. The summed E-state index contributed by atoms with van der Waals surface area (Å²) >= 11 is 1.61. The minimum absolute atomic E-state index is 0.149. The van der Waals surface area contributed by atoms with Gasteiger partial charge in [0.1, 0.15) is 5.60 Å². The maximum Gasteiger partial charge on any atom is 0.407 e. The molecular weight excluding hydrogens is 434 g/mol. The summed E-state index contributed by atoms with van der Waals surface area (Å²) in [6, 6.07) is 17.3. The molecule has 0 aliphatic heterocycles.